The molecule has 3 fully saturated rings. The van der Waals surface area contributed by atoms with Crippen molar-refractivity contribution in [2.45, 2.75) is 61.3 Å². The summed E-state index contributed by atoms with van der Waals surface area (Å²) in [6, 6.07) is 0. The van der Waals surface area contributed by atoms with Gasteiger partial charge >= 0.3 is 0 Å². The van der Waals surface area contributed by atoms with Crippen LogP contribution < -0.4 is 0 Å². The topological polar surface area (TPSA) is 37.3 Å². The molecule has 0 aliphatic heterocycles. The molecule has 4 aliphatic carbocycles. The lowest BCUT2D eigenvalue weighted by Crippen LogP contribution is -2.61. The fraction of sp³-hybridized carbons (Fsp3) is 0.842. The van der Waals surface area contributed by atoms with Crippen LogP contribution in [0.15, 0.2) is 11.0 Å². The Labute approximate surface area is 178 Å². The van der Waals surface area contributed by atoms with Crippen LogP contribution in [0.2, 0.25) is 15.6 Å². The Bertz CT molecular complexity index is 761. The van der Waals surface area contributed by atoms with Crippen LogP contribution in [0.3, 0.4) is 0 Å². The molecular weight excluding hydrogens is 336 g/mol. The molecular formula is C19H21B7O2. The molecule has 0 heterocycles. The molecule has 0 bridgehead atoms. The summed E-state index contributed by atoms with van der Waals surface area (Å²) in [4.78, 5) is 12.7. The lowest BCUT2D eigenvalue weighted by molar-refractivity contribution is -0.119. The Kier molecular flexibility index (Phi) is 4.48. The molecule has 9 heteroatoms. The summed E-state index contributed by atoms with van der Waals surface area (Å²) >= 11 is 0. The number of Topliss-reactive ketones (excluding diaryl/α,β-unsaturated/α-hetero) is 1. The highest BCUT2D eigenvalue weighted by molar-refractivity contribution is 6.60. The number of allylic oxidation sites excluding steroid dienone is 1. The van der Waals surface area contributed by atoms with Crippen molar-refractivity contribution in [1.29, 1.82) is 0 Å². The molecule has 0 aromatic carbocycles. The first-order valence-corrected chi connectivity index (χ1v) is 10.1. The maximum Gasteiger partial charge on any atom is 0.137 e. The van der Waals surface area contributed by atoms with Gasteiger partial charge in [0.1, 0.15) is 13.6 Å². The van der Waals surface area contributed by atoms with Crippen LogP contribution in [0.5, 0.6) is 0 Å². The van der Waals surface area contributed by atoms with Crippen molar-refractivity contribution >= 4 is 60.7 Å². The molecule has 0 amide bonds. The second-order valence-corrected chi connectivity index (χ2v) is 10.3. The van der Waals surface area contributed by atoms with E-state index in [1.54, 1.807) is 0 Å². The number of carbonyl (C=O) groups excluding carboxylic acids is 1. The lowest BCUT2D eigenvalue weighted by Gasteiger charge is -2.69. The molecule has 1 N–H and O–H groups in total. The SMILES string of the molecule is [B]C1=C2[C@H](CC([B])([B])C1=O)C1C(C3CC[C@H](O)[C@@]3(C)C[C@@H]1C)C([B])([B])C2([B])[B]. The molecule has 0 saturated heterocycles. The van der Waals surface area contributed by atoms with E-state index in [9.17, 15) is 9.90 Å². The van der Waals surface area contributed by atoms with Gasteiger partial charge in [-0.25, -0.2) is 0 Å². The number of fused-ring (bicyclic) bond motifs is 5. The van der Waals surface area contributed by atoms with Crippen LogP contribution in [0.1, 0.15) is 39.5 Å². The number of hydrogen-bond acceptors (Lipinski definition) is 2. The molecule has 0 aromatic heterocycles. The Morgan fingerprint density at radius 1 is 1.04 bits per heavy atom. The van der Waals surface area contributed by atoms with Crippen molar-refractivity contribution in [3.05, 3.63) is 11.0 Å². The third-order valence-electron chi connectivity index (χ3n) is 8.69. The minimum absolute atomic E-state index is 0.0216. The third kappa shape index (κ3) is 2.38. The number of hydrogen-bond donors (Lipinski definition) is 1. The van der Waals surface area contributed by atoms with Gasteiger partial charge in [-0.05, 0) is 65.9 Å². The maximum atomic E-state index is 12.7. The van der Waals surface area contributed by atoms with Crippen molar-refractivity contribution in [2.24, 2.45) is 35.0 Å². The van der Waals surface area contributed by atoms with Crippen LogP contribution in [0, 0.1) is 35.0 Å². The Hall–Kier alpha value is -0.175. The molecule has 2 nitrogen and oxygen atoms in total. The van der Waals surface area contributed by atoms with Crippen molar-refractivity contribution in [1.82, 2.24) is 0 Å². The summed E-state index contributed by atoms with van der Waals surface area (Å²) < 4.78 is 0. The highest BCUT2D eigenvalue weighted by Crippen LogP contribution is 2.74. The van der Waals surface area contributed by atoms with Gasteiger partial charge in [-0.2, -0.15) is 0 Å². The van der Waals surface area contributed by atoms with E-state index in [1.807, 2.05) is 0 Å². The van der Waals surface area contributed by atoms with E-state index in [4.69, 9.17) is 54.9 Å². The Morgan fingerprint density at radius 2 is 1.64 bits per heavy atom. The van der Waals surface area contributed by atoms with Crippen LogP contribution in [0.4, 0.5) is 0 Å². The van der Waals surface area contributed by atoms with Gasteiger partial charge in [0.15, 0.2) is 0 Å². The average molecular weight is 357 g/mol. The summed E-state index contributed by atoms with van der Waals surface area (Å²) in [6.07, 6.45) is 2.10. The highest BCUT2D eigenvalue weighted by atomic mass is 16.3. The predicted molar refractivity (Wildman–Crippen MR) is 116 cm³/mol. The molecule has 4 aliphatic rings. The van der Waals surface area contributed by atoms with E-state index in [0.29, 0.717) is 12.0 Å². The van der Waals surface area contributed by atoms with Crippen molar-refractivity contribution in [3.8, 4) is 0 Å². The summed E-state index contributed by atoms with van der Waals surface area (Å²) in [5, 5.41) is 5.98. The first-order valence-electron chi connectivity index (χ1n) is 10.1. The van der Waals surface area contributed by atoms with Gasteiger partial charge in [0, 0.05) is 0 Å². The van der Waals surface area contributed by atoms with Crippen molar-refractivity contribution < 1.29 is 9.90 Å². The van der Waals surface area contributed by atoms with E-state index >= 15 is 0 Å². The van der Waals surface area contributed by atoms with Crippen LogP contribution >= 0.6 is 0 Å². The van der Waals surface area contributed by atoms with E-state index in [-0.39, 0.29) is 46.9 Å². The molecule has 0 spiro atoms. The van der Waals surface area contributed by atoms with E-state index < -0.39 is 27.5 Å². The number of aliphatic hydroxyl groups is 1. The average Bonchev–Trinajstić information content (AvgIpc) is 2.84. The van der Waals surface area contributed by atoms with E-state index in [1.165, 1.54) is 0 Å². The number of ketones is 1. The molecule has 7 atom stereocenters. The van der Waals surface area contributed by atoms with Gasteiger partial charge in [0.25, 0.3) is 0 Å². The zero-order valence-electron chi connectivity index (χ0n) is 16.7. The Balaban J connectivity index is 1.94. The molecule has 4 rings (SSSR count). The third-order valence-corrected chi connectivity index (χ3v) is 8.69. The van der Waals surface area contributed by atoms with Crippen LogP contribution in [-0.4, -0.2) is 71.9 Å². The second-order valence-electron chi connectivity index (χ2n) is 10.3. The molecule has 3 saturated carbocycles. The normalized spacial score (nSPS) is 48.5. The quantitative estimate of drug-likeness (QED) is 0.639. The summed E-state index contributed by atoms with van der Waals surface area (Å²) in [5.74, 6) is -0.900. The van der Waals surface area contributed by atoms with E-state index in [2.05, 4.69) is 13.8 Å². The first kappa shape index (κ1) is 21.1. The number of rotatable bonds is 0. The molecule has 0 aromatic rings. The largest absolute Gasteiger partial charge is 0.393 e. The minimum Gasteiger partial charge on any atom is -0.393 e. The van der Waals surface area contributed by atoms with Gasteiger partial charge in [-0.3, -0.25) is 4.79 Å². The van der Waals surface area contributed by atoms with Crippen LogP contribution in [0.25, 0.3) is 0 Å². The molecule has 28 heavy (non-hydrogen) atoms. The smallest absolute Gasteiger partial charge is 0.137 e. The van der Waals surface area contributed by atoms with Gasteiger partial charge in [-0.1, -0.05) is 30.1 Å². The van der Waals surface area contributed by atoms with Crippen LogP contribution in [-0.2, 0) is 4.79 Å². The van der Waals surface area contributed by atoms with Gasteiger partial charge in [-0.15, -0.1) is 5.21 Å². The minimum atomic E-state index is -1.68. The highest BCUT2D eigenvalue weighted by Gasteiger charge is 2.66. The zero-order valence-corrected chi connectivity index (χ0v) is 16.7. The Morgan fingerprint density at radius 3 is 2.25 bits per heavy atom. The van der Waals surface area contributed by atoms with Crippen molar-refractivity contribution in [3.63, 3.8) is 0 Å². The predicted octanol–water partition coefficient (Wildman–Crippen LogP) is 0.421. The monoisotopic (exact) mass is 358 g/mol. The lowest BCUT2D eigenvalue weighted by atomic mass is 9.17. The fourth-order valence-corrected chi connectivity index (χ4v) is 7.37. The van der Waals surface area contributed by atoms with Crippen molar-refractivity contribution in [2.75, 3.05) is 0 Å². The number of aliphatic hydroxyl groups excluding tert-OH is 1. The maximum absolute atomic E-state index is 12.7. The summed E-state index contributed by atoms with van der Waals surface area (Å²) in [7, 11) is 45.0. The van der Waals surface area contributed by atoms with Gasteiger partial charge in [0.05, 0.1) is 53.2 Å². The summed E-state index contributed by atoms with van der Waals surface area (Å²) in [5.41, 5.74) is -0.0123. The molecule has 3 unspecified atom stereocenters. The summed E-state index contributed by atoms with van der Waals surface area (Å²) in [6.45, 7) is 4.23. The number of carbonyl (C=O) groups is 1. The molecule has 130 valence electrons. The standard InChI is InChI=1S/C19H21B7O2/c1-7-5-16(2)9(3-4-10(16)27)13-11(7)8-6-17(21,22)15(28)14(20)12(8)18(23,24)19(13,25)26/h7-11,13,27H,3-6H2,1-2H3/t7-,8+,9?,10-,11?,13?,16-/m0/s1. The fourth-order valence-electron chi connectivity index (χ4n) is 7.37. The van der Waals surface area contributed by atoms with E-state index in [0.717, 1.165) is 12.8 Å². The second kappa shape index (κ2) is 5.95. The molecule has 14 radical (unpaired) electrons. The zero-order chi connectivity index (χ0) is 21.0. The van der Waals surface area contributed by atoms with Gasteiger partial charge < -0.3 is 5.11 Å². The van der Waals surface area contributed by atoms with Gasteiger partial charge in [0.2, 0.25) is 0 Å². The first-order chi connectivity index (χ1) is 12.7.